The Morgan fingerprint density at radius 3 is 2.89 bits per heavy atom. The number of aromatic nitrogens is 2. The quantitative estimate of drug-likeness (QED) is 0.715. The highest BCUT2D eigenvalue weighted by Gasteiger charge is 2.22. The SMILES string of the molecule is COc1ccc2c(c1)OC[C@@H](CNC(=O)c1[nH]nc(-c3ccccc3)c1C)C2. The van der Waals surface area contributed by atoms with Crippen LogP contribution in [0.2, 0.25) is 0 Å². The smallest absolute Gasteiger partial charge is 0.269 e. The zero-order chi connectivity index (χ0) is 19.5. The molecule has 0 radical (unpaired) electrons. The summed E-state index contributed by atoms with van der Waals surface area (Å²) in [6.07, 6.45) is 0.858. The largest absolute Gasteiger partial charge is 0.497 e. The number of hydrogen-bond acceptors (Lipinski definition) is 4. The van der Waals surface area contributed by atoms with Crippen molar-refractivity contribution in [3.05, 3.63) is 65.4 Å². The third-order valence-electron chi connectivity index (χ3n) is 5.09. The van der Waals surface area contributed by atoms with Crippen LogP contribution >= 0.6 is 0 Å². The summed E-state index contributed by atoms with van der Waals surface area (Å²) in [5.41, 5.74) is 4.27. The summed E-state index contributed by atoms with van der Waals surface area (Å²) in [6.45, 7) is 3.02. The van der Waals surface area contributed by atoms with Gasteiger partial charge in [-0.25, -0.2) is 0 Å². The van der Waals surface area contributed by atoms with Gasteiger partial charge < -0.3 is 14.8 Å². The minimum Gasteiger partial charge on any atom is -0.497 e. The first-order valence-electron chi connectivity index (χ1n) is 9.34. The van der Waals surface area contributed by atoms with E-state index >= 15 is 0 Å². The lowest BCUT2D eigenvalue weighted by Crippen LogP contribution is -2.35. The van der Waals surface area contributed by atoms with Crippen LogP contribution in [0.1, 0.15) is 21.6 Å². The zero-order valence-electron chi connectivity index (χ0n) is 16.0. The molecular formula is C22H23N3O3. The first kappa shape index (κ1) is 18.1. The molecule has 1 atom stereocenters. The first-order chi connectivity index (χ1) is 13.7. The van der Waals surface area contributed by atoms with E-state index in [0.717, 1.165) is 40.3 Å². The van der Waals surface area contributed by atoms with E-state index in [1.807, 2.05) is 55.5 Å². The fraction of sp³-hybridized carbons (Fsp3) is 0.273. The number of benzene rings is 2. The second-order valence-corrected chi connectivity index (χ2v) is 7.00. The highest BCUT2D eigenvalue weighted by molar-refractivity contribution is 5.95. The van der Waals surface area contributed by atoms with Gasteiger partial charge >= 0.3 is 0 Å². The molecule has 6 nitrogen and oxygen atoms in total. The van der Waals surface area contributed by atoms with E-state index in [1.165, 1.54) is 0 Å². The Labute approximate surface area is 163 Å². The molecule has 144 valence electrons. The number of H-pyrrole nitrogens is 1. The molecule has 3 aromatic rings. The van der Waals surface area contributed by atoms with E-state index in [0.29, 0.717) is 18.8 Å². The van der Waals surface area contributed by atoms with Crippen molar-refractivity contribution in [3.8, 4) is 22.8 Å². The third-order valence-corrected chi connectivity index (χ3v) is 5.09. The molecule has 0 aliphatic carbocycles. The minimum atomic E-state index is -0.146. The number of aromatic amines is 1. The Bertz CT molecular complexity index is 982. The van der Waals surface area contributed by atoms with Crippen LogP contribution < -0.4 is 14.8 Å². The summed E-state index contributed by atoms with van der Waals surface area (Å²) in [5.74, 6) is 1.72. The Morgan fingerprint density at radius 1 is 1.29 bits per heavy atom. The molecule has 2 heterocycles. The van der Waals surface area contributed by atoms with Gasteiger partial charge in [0.2, 0.25) is 0 Å². The highest BCUT2D eigenvalue weighted by Crippen LogP contribution is 2.31. The fourth-order valence-corrected chi connectivity index (χ4v) is 3.49. The van der Waals surface area contributed by atoms with E-state index in [2.05, 4.69) is 15.5 Å². The number of nitrogens with one attached hydrogen (secondary N) is 2. The predicted octanol–water partition coefficient (Wildman–Crippen LogP) is 3.37. The molecule has 0 spiro atoms. The molecule has 0 bridgehead atoms. The molecule has 1 aliphatic heterocycles. The molecule has 0 unspecified atom stereocenters. The van der Waals surface area contributed by atoms with Gasteiger partial charge in [-0.15, -0.1) is 0 Å². The number of carbonyl (C=O) groups excluding carboxylic acids is 1. The monoisotopic (exact) mass is 377 g/mol. The number of carbonyl (C=O) groups is 1. The Kier molecular flexibility index (Phi) is 5.02. The molecule has 2 N–H and O–H groups in total. The molecule has 1 amide bonds. The molecule has 0 saturated carbocycles. The van der Waals surface area contributed by atoms with Crippen molar-refractivity contribution in [2.45, 2.75) is 13.3 Å². The topological polar surface area (TPSA) is 76.2 Å². The van der Waals surface area contributed by atoms with Gasteiger partial charge in [0.1, 0.15) is 17.2 Å². The van der Waals surface area contributed by atoms with Crippen molar-refractivity contribution >= 4 is 5.91 Å². The van der Waals surface area contributed by atoms with Crippen molar-refractivity contribution < 1.29 is 14.3 Å². The summed E-state index contributed by atoms with van der Waals surface area (Å²) in [7, 11) is 1.64. The molecule has 0 fully saturated rings. The maximum atomic E-state index is 12.6. The Balaban J connectivity index is 1.39. The van der Waals surface area contributed by atoms with Crippen molar-refractivity contribution in [3.63, 3.8) is 0 Å². The van der Waals surface area contributed by atoms with Gasteiger partial charge in [-0.3, -0.25) is 9.89 Å². The third kappa shape index (κ3) is 3.58. The van der Waals surface area contributed by atoms with Gasteiger partial charge in [0, 0.05) is 29.7 Å². The second-order valence-electron chi connectivity index (χ2n) is 7.00. The lowest BCUT2D eigenvalue weighted by Gasteiger charge is -2.25. The lowest BCUT2D eigenvalue weighted by atomic mass is 9.96. The van der Waals surface area contributed by atoms with Crippen LogP contribution in [0.15, 0.2) is 48.5 Å². The van der Waals surface area contributed by atoms with Gasteiger partial charge in [0.05, 0.1) is 19.4 Å². The standard InChI is InChI=1S/C22H23N3O3/c1-14-20(16-6-4-3-5-7-16)24-25-21(14)22(26)23-12-15-10-17-8-9-18(27-2)11-19(17)28-13-15/h3-9,11,15H,10,12-13H2,1-2H3,(H,23,26)(H,24,25)/t15-/m1/s1. The zero-order valence-corrected chi connectivity index (χ0v) is 16.0. The van der Waals surface area contributed by atoms with Crippen molar-refractivity contribution in [2.24, 2.45) is 5.92 Å². The first-order valence-corrected chi connectivity index (χ1v) is 9.34. The van der Waals surface area contributed by atoms with Gasteiger partial charge in [0.25, 0.3) is 5.91 Å². The summed E-state index contributed by atoms with van der Waals surface area (Å²) in [6, 6.07) is 15.7. The molecule has 2 aromatic carbocycles. The minimum absolute atomic E-state index is 0.146. The van der Waals surface area contributed by atoms with E-state index < -0.39 is 0 Å². The molecule has 4 rings (SSSR count). The van der Waals surface area contributed by atoms with Crippen LogP contribution in [0, 0.1) is 12.8 Å². The highest BCUT2D eigenvalue weighted by atomic mass is 16.5. The summed E-state index contributed by atoms with van der Waals surface area (Å²) >= 11 is 0. The number of methoxy groups -OCH3 is 1. The van der Waals surface area contributed by atoms with E-state index in [4.69, 9.17) is 9.47 Å². The number of rotatable bonds is 5. The van der Waals surface area contributed by atoms with Gasteiger partial charge in [-0.1, -0.05) is 36.4 Å². The second kappa shape index (κ2) is 7.76. The van der Waals surface area contributed by atoms with E-state index in [1.54, 1.807) is 7.11 Å². The van der Waals surface area contributed by atoms with Crippen molar-refractivity contribution in [2.75, 3.05) is 20.3 Å². The number of nitrogens with zero attached hydrogens (tertiary/aromatic N) is 1. The van der Waals surface area contributed by atoms with Crippen LogP contribution in [0.4, 0.5) is 0 Å². The van der Waals surface area contributed by atoms with Crippen LogP contribution in [-0.2, 0) is 6.42 Å². The molecule has 28 heavy (non-hydrogen) atoms. The normalized spacial score (nSPS) is 15.4. The Morgan fingerprint density at radius 2 is 2.11 bits per heavy atom. The van der Waals surface area contributed by atoms with Crippen LogP contribution in [0.25, 0.3) is 11.3 Å². The summed E-state index contributed by atoms with van der Waals surface area (Å²) in [4.78, 5) is 12.6. The van der Waals surface area contributed by atoms with Crippen LogP contribution in [-0.4, -0.2) is 36.4 Å². The van der Waals surface area contributed by atoms with Crippen molar-refractivity contribution in [1.29, 1.82) is 0 Å². The molecular weight excluding hydrogens is 354 g/mol. The molecule has 1 aliphatic rings. The van der Waals surface area contributed by atoms with Gasteiger partial charge in [-0.2, -0.15) is 5.10 Å². The maximum Gasteiger partial charge on any atom is 0.269 e. The van der Waals surface area contributed by atoms with E-state index in [9.17, 15) is 4.79 Å². The average Bonchev–Trinajstić information content (AvgIpc) is 3.13. The number of ether oxygens (including phenoxy) is 2. The van der Waals surface area contributed by atoms with Gasteiger partial charge in [-0.05, 0) is 25.0 Å². The number of amides is 1. The number of hydrogen-bond donors (Lipinski definition) is 2. The molecule has 0 saturated heterocycles. The predicted molar refractivity (Wildman–Crippen MR) is 107 cm³/mol. The van der Waals surface area contributed by atoms with Gasteiger partial charge in [0.15, 0.2) is 0 Å². The van der Waals surface area contributed by atoms with E-state index in [-0.39, 0.29) is 11.8 Å². The maximum absolute atomic E-state index is 12.6. The molecule has 1 aromatic heterocycles. The Hall–Kier alpha value is -3.28. The van der Waals surface area contributed by atoms with Crippen LogP contribution in [0.5, 0.6) is 11.5 Å². The summed E-state index contributed by atoms with van der Waals surface area (Å²) in [5, 5.41) is 10.2. The summed E-state index contributed by atoms with van der Waals surface area (Å²) < 4.78 is 11.1. The average molecular weight is 377 g/mol. The number of fused-ring (bicyclic) bond motifs is 1. The van der Waals surface area contributed by atoms with Crippen LogP contribution in [0.3, 0.4) is 0 Å². The fourth-order valence-electron chi connectivity index (χ4n) is 3.49. The molecule has 6 heteroatoms. The van der Waals surface area contributed by atoms with Crippen molar-refractivity contribution in [1.82, 2.24) is 15.5 Å². The lowest BCUT2D eigenvalue weighted by molar-refractivity contribution is 0.0933.